The summed E-state index contributed by atoms with van der Waals surface area (Å²) in [7, 11) is 0. The zero-order valence-corrected chi connectivity index (χ0v) is 10.4. The first-order valence-electron chi connectivity index (χ1n) is 6.08. The zero-order chi connectivity index (χ0) is 11.9. The topological polar surface area (TPSA) is 55.6 Å². The Bertz CT molecular complexity index is 279. The second-order valence-electron chi connectivity index (χ2n) is 6.04. The minimum atomic E-state index is -0.387. The number of nitrogens with zero attached hydrogens (tertiary/aromatic N) is 1. The molecule has 0 spiro atoms. The lowest BCUT2D eigenvalue weighted by Gasteiger charge is -2.40. The Kier molecular flexibility index (Phi) is 2.86. The summed E-state index contributed by atoms with van der Waals surface area (Å²) in [6, 6.07) is 0. The SMILES string of the molecule is CC(C)(C)OC(=O)N1CC(C2CC2CN)C1. The molecule has 1 saturated heterocycles. The van der Waals surface area contributed by atoms with Gasteiger partial charge in [0.15, 0.2) is 0 Å². The van der Waals surface area contributed by atoms with Crippen molar-refractivity contribution in [2.75, 3.05) is 19.6 Å². The summed E-state index contributed by atoms with van der Waals surface area (Å²) >= 11 is 0. The van der Waals surface area contributed by atoms with E-state index in [0.29, 0.717) is 11.8 Å². The maximum atomic E-state index is 11.7. The molecule has 0 aromatic rings. The van der Waals surface area contributed by atoms with Gasteiger partial charge < -0.3 is 15.4 Å². The van der Waals surface area contributed by atoms with Crippen molar-refractivity contribution >= 4 is 6.09 Å². The Morgan fingerprint density at radius 3 is 2.50 bits per heavy atom. The summed E-state index contributed by atoms with van der Waals surface area (Å²) in [5.74, 6) is 2.15. The first-order valence-corrected chi connectivity index (χ1v) is 6.08. The molecule has 4 nitrogen and oxygen atoms in total. The molecule has 1 aliphatic heterocycles. The molecule has 0 aromatic carbocycles. The van der Waals surface area contributed by atoms with Crippen LogP contribution in [-0.4, -0.2) is 36.2 Å². The van der Waals surface area contributed by atoms with E-state index in [4.69, 9.17) is 10.5 Å². The van der Waals surface area contributed by atoms with E-state index in [-0.39, 0.29) is 11.7 Å². The molecule has 2 N–H and O–H groups in total. The fraction of sp³-hybridized carbons (Fsp3) is 0.917. The monoisotopic (exact) mass is 226 g/mol. The Morgan fingerprint density at radius 2 is 2.06 bits per heavy atom. The molecule has 2 unspecified atom stereocenters. The third-order valence-corrected chi connectivity index (χ3v) is 3.45. The molecule has 2 atom stereocenters. The molecular weight excluding hydrogens is 204 g/mol. The Balaban J connectivity index is 1.70. The van der Waals surface area contributed by atoms with Crippen molar-refractivity contribution in [1.29, 1.82) is 0 Å². The number of ether oxygens (including phenoxy) is 1. The van der Waals surface area contributed by atoms with E-state index < -0.39 is 0 Å². The molecule has 16 heavy (non-hydrogen) atoms. The van der Waals surface area contributed by atoms with Crippen molar-refractivity contribution in [3.8, 4) is 0 Å². The molecule has 2 rings (SSSR count). The largest absolute Gasteiger partial charge is 0.444 e. The van der Waals surface area contributed by atoms with Crippen molar-refractivity contribution in [1.82, 2.24) is 4.90 Å². The van der Waals surface area contributed by atoms with Gasteiger partial charge in [-0.3, -0.25) is 0 Å². The van der Waals surface area contributed by atoms with E-state index in [2.05, 4.69) is 0 Å². The Morgan fingerprint density at radius 1 is 1.44 bits per heavy atom. The van der Waals surface area contributed by atoms with Gasteiger partial charge in [-0.05, 0) is 51.5 Å². The third-order valence-electron chi connectivity index (χ3n) is 3.45. The van der Waals surface area contributed by atoms with Gasteiger partial charge >= 0.3 is 6.09 Å². The molecule has 0 aromatic heterocycles. The lowest BCUT2D eigenvalue weighted by Crippen LogP contribution is -2.52. The highest BCUT2D eigenvalue weighted by Gasteiger charge is 2.48. The van der Waals surface area contributed by atoms with Crippen LogP contribution in [0.2, 0.25) is 0 Å². The minimum Gasteiger partial charge on any atom is -0.444 e. The highest BCUT2D eigenvalue weighted by molar-refractivity contribution is 5.69. The lowest BCUT2D eigenvalue weighted by atomic mass is 9.94. The number of amides is 1. The van der Waals surface area contributed by atoms with Gasteiger partial charge in [0.25, 0.3) is 0 Å². The van der Waals surface area contributed by atoms with Gasteiger partial charge in [-0.2, -0.15) is 0 Å². The van der Waals surface area contributed by atoms with E-state index in [9.17, 15) is 4.79 Å². The predicted octanol–water partition coefficient (Wildman–Crippen LogP) is 1.45. The van der Waals surface area contributed by atoms with Gasteiger partial charge in [-0.15, -0.1) is 0 Å². The first kappa shape index (κ1) is 11.7. The van der Waals surface area contributed by atoms with Crippen LogP contribution in [0.25, 0.3) is 0 Å². The molecule has 2 aliphatic rings. The second kappa shape index (κ2) is 3.91. The molecule has 92 valence electrons. The Labute approximate surface area is 97.1 Å². The number of hydrogen-bond acceptors (Lipinski definition) is 3. The smallest absolute Gasteiger partial charge is 0.410 e. The van der Waals surface area contributed by atoms with Crippen LogP contribution in [0.5, 0.6) is 0 Å². The fourth-order valence-electron chi connectivity index (χ4n) is 2.38. The van der Waals surface area contributed by atoms with E-state index >= 15 is 0 Å². The lowest BCUT2D eigenvalue weighted by molar-refractivity contribution is -0.00491. The van der Waals surface area contributed by atoms with Crippen molar-refractivity contribution < 1.29 is 9.53 Å². The van der Waals surface area contributed by atoms with Gasteiger partial charge in [0.2, 0.25) is 0 Å². The van der Waals surface area contributed by atoms with Gasteiger partial charge in [0.1, 0.15) is 5.60 Å². The maximum Gasteiger partial charge on any atom is 0.410 e. The molecule has 1 saturated carbocycles. The van der Waals surface area contributed by atoms with E-state index in [1.807, 2.05) is 20.8 Å². The van der Waals surface area contributed by atoms with Gasteiger partial charge in [0.05, 0.1) is 0 Å². The standard InChI is InChI=1S/C12H22N2O2/c1-12(2,3)16-11(15)14-6-9(7-14)10-4-8(10)5-13/h8-10H,4-7,13H2,1-3H3. The second-order valence-corrected chi connectivity index (χ2v) is 6.04. The summed E-state index contributed by atoms with van der Waals surface area (Å²) in [6.45, 7) is 8.20. The fourth-order valence-corrected chi connectivity index (χ4v) is 2.38. The van der Waals surface area contributed by atoms with Crippen molar-refractivity contribution in [3.05, 3.63) is 0 Å². The summed E-state index contributed by atoms with van der Waals surface area (Å²) in [6.07, 6.45) is 1.08. The zero-order valence-electron chi connectivity index (χ0n) is 10.4. The summed E-state index contributed by atoms with van der Waals surface area (Å²) in [5, 5.41) is 0. The predicted molar refractivity (Wildman–Crippen MR) is 61.9 cm³/mol. The van der Waals surface area contributed by atoms with Crippen LogP contribution in [0.3, 0.4) is 0 Å². The molecule has 2 fully saturated rings. The van der Waals surface area contributed by atoms with E-state index in [0.717, 1.165) is 25.6 Å². The normalized spacial score (nSPS) is 29.9. The first-order chi connectivity index (χ1) is 7.40. The molecule has 1 amide bonds. The molecule has 4 heteroatoms. The number of carbonyl (C=O) groups excluding carboxylic acids is 1. The summed E-state index contributed by atoms with van der Waals surface area (Å²) < 4.78 is 5.31. The number of carbonyl (C=O) groups is 1. The number of hydrogen-bond donors (Lipinski definition) is 1. The van der Waals surface area contributed by atoms with E-state index in [1.165, 1.54) is 6.42 Å². The van der Waals surface area contributed by atoms with Crippen LogP contribution in [-0.2, 0) is 4.74 Å². The maximum absolute atomic E-state index is 11.7. The molecule has 0 bridgehead atoms. The average molecular weight is 226 g/mol. The summed E-state index contributed by atoms with van der Waals surface area (Å²) in [5.41, 5.74) is 5.23. The minimum absolute atomic E-state index is 0.173. The highest BCUT2D eigenvalue weighted by atomic mass is 16.6. The van der Waals surface area contributed by atoms with Crippen LogP contribution in [0, 0.1) is 17.8 Å². The third kappa shape index (κ3) is 2.48. The van der Waals surface area contributed by atoms with Crippen LogP contribution < -0.4 is 5.73 Å². The highest BCUT2D eigenvalue weighted by Crippen LogP contribution is 2.46. The molecular formula is C12H22N2O2. The quantitative estimate of drug-likeness (QED) is 0.775. The van der Waals surface area contributed by atoms with Gasteiger partial charge in [-0.1, -0.05) is 0 Å². The van der Waals surface area contributed by atoms with Gasteiger partial charge in [-0.25, -0.2) is 4.79 Å². The molecule has 1 aliphatic carbocycles. The van der Waals surface area contributed by atoms with Gasteiger partial charge in [0, 0.05) is 13.1 Å². The summed E-state index contributed by atoms with van der Waals surface area (Å²) in [4.78, 5) is 13.5. The Hall–Kier alpha value is -0.770. The number of rotatable bonds is 2. The molecule has 0 radical (unpaired) electrons. The van der Waals surface area contributed by atoms with E-state index in [1.54, 1.807) is 4.90 Å². The number of likely N-dealkylation sites (tertiary alicyclic amines) is 1. The average Bonchev–Trinajstić information content (AvgIpc) is 2.77. The van der Waals surface area contributed by atoms with Crippen LogP contribution in [0.1, 0.15) is 27.2 Å². The van der Waals surface area contributed by atoms with Crippen molar-refractivity contribution in [2.24, 2.45) is 23.5 Å². The van der Waals surface area contributed by atoms with Crippen LogP contribution in [0.4, 0.5) is 4.79 Å². The van der Waals surface area contributed by atoms with Crippen LogP contribution >= 0.6 is 0 Å². The van der Waals surface area contributed by atoms with Crippen molar-refractivity contribution in [3.63, 3.8) is 0 Å². The molecule has 1 heterocycles. The van der Waals surface area contributed by atoms with Crippen molar-refractivity contribution in [2.45, 2.75) is 32.8 Å². The van der Waals surface area contributed by atoms with Crippen LogP contribution in [0.15, 0.2) is 0 Å². The number of nitrogens with two attached hydrogens (primary N) is 1.